The Morgan fingerprint density at radius 2 is 1.73 bits per heavy atom. The van der Waals surface area contributed by atoms with Crippen molar-refractivity contribution >= 4 is 27.5 Å². The Morgan fingerprint density at radius 1 is 1.07 bits per heavy atom. The molecule has 1 fully saturated rings. The fourth-order valence-corrected chi connectivity index (χ4v) is 5.87. The van der Waals surface area contributed by atoms with Crippen LogP contribution in [-0.4, -0.2) is 50.0 Å². The fourth-order valence-electron chi connectivity index (χ4n) is 4.91. The molecule has 0 spiro atoms. The number of anilines is 1. The van der Waals surface area contributed by atoms with Crippen LogP contribution in [0, 0.1) is 5.82 Å². The molecule has 40 heavy (non-hydrogen) atoms. The molecule has 0 unspecified atom stereocenters. The van der Waals surface area contributed by atoms with Crippen molar-refractivity contribution in [1.82, 2.24) is 10.2 Å². The highest BCUT2D eigenvalue weighted by Crippen LogP contribution is 2.32. The van der Waals surface area contributed by atoms with Gasteiger partial charge in [0.15, 0.2) is 0 Å². The highest BCUT2D eigenvalue weighted by Gasteiger charge is 2.33. The number of amides is 2. The Balaban J connectivity index is 1.77. The van der Waals surface area contributed by atoms with Crippen LogP contribution in [0.2, 0.25) is 0 Å². The van der Waals surface area contributed by atoms with Crippen LogP contribution in [0.1, 0.15) is 63.0 Å². The van der Waals surface area contributed by atoms with Gasteiger partial charge < -0.3 is 10.2 Å². The van der Waals surface area contributed by atoms with E-state index in [1.165, 1.54) is 35.2 Å². The van der Waals surface area contributed by atoms with Crippen molar-refractivity contribution in [3.63, 3.8) is 0 Å². The van der Waals surface area contributed by atoms with E-state index in [4.69, 9.17) is 0 Å². The lowest BCUT2D eigenvalue weighted by Gasteiger charge is -2.32. The molecule has 0 bridgehead atoms. The van der Waals surface area contributed by atoms with Gasteiger partial charge in [-0.25, -0.2) is 12.8 Å². The molecular weight excluding hydrogens is 550 g/mol. The van der Waals surface area contributed by atoms with Crippen molar-refractivity contribution in [2.45, 2.75) is 76.7 Å². The molecule has 220 valence electrons. The van der Waals surface area contributed by atoms with Crippen molar-refractivity contribution in [2.75, 3.05) is 17.1 Å². The normalized spacial score (nSPS) is 15.1. The van der Waals surface area contributed by atoms with Crippen molar-refractivity contribution in [1.29, 1.82) is 0 Å². The zero-order chi connectivity index (χ0) is 29.5. The van der Waals surface area contributed by atoms with E-state index in [1.54, 1.807) is 6.92 Å². The molecule has 0 saturated heterocycles. The summed E-state index contributed by atoms with van der Waals surface area (Å²) in [5, 5.41) is 3.02. The first-order valence-electron chi connectivity index (χ1n) is 13.3. The first-order valence-corrected chi connectivity index (χ1v) is 15.1. The first kappa shape index (κ1) is 31.4. The largest absolute Gasteiger partial charge is 0.416 e. The predicted molar refractivity (Wildman–Crippen MR) is 144 cm³/mol. The number of hydrogen-bond acceptors (Lipinski definition) is 4. The fraction of sp³-hybridized carbons (Fsp3) is 0.500. The molecule has 1 aliphatic rings. The monoisotopic (exact) mass is 585 g/mol. The molecule has 2 aromatic carbocycles. The van der Waals surface area contributed by atoms with E-state index in [1.807, 2.05) is 0 Å². The average molecular weight is 586 g/mol. The lowest BCUT2D eigenvalue weighted by molar-refractivity contribution is -0.141. The number of alkyl halides is 3. The summed E-state index contributed by atoms with van der Waals surface area (Å²) in [5.41, 5.74) is -0.529. The molecule has 0 aliphatic heterocycles. The molecular formula is C28H35F4N3O4S. The molecule has 7 nitrogen and oxygen atoms in total. The lowest BCUT2D eigenvalue weighted by Crippen LogP contribution is -2.51. The third kappa shape index (κ3) is 8.67. The molecule has 12 heteroatoms. The van der Waals surface area contributed by atoms with Crippen molar-refractivity contribution in [2.24, 2.45) is 0 Å². The summed E-state index contributed by atoms with van der Waals surface area (Å²) in [6.45, 7) is 1.59. The number of sulfonamides is 1. The van der Waals surface area contributed by atoms with Gasteiger partial charge in [0.05, 0.1) is 17.5 Å². The number of benzene rings is 2. The number of halogens is 4. The Labute approximate surface area is 232 Å². The van der Waals surface area contributed by atoms with Crippen LogP contribution in [0.4, 0.5) is 23.2 Å². The van der Waals surface area contributed by atoms with Gasteiger partial charge in [-0.1, -0.05) is 38.0 Å². The molecule has 0 heterocycles. The molecule has 0 radical (unpaired) electrons. The molecule has 1 N–H and O–H groups in total. The Bertz CT molecular complexity index is 1260. The van der Waals surface area contributed by atoms with Gasteiger partial charge in [0.1, 0.15) is 11.9 Å². The number of carbonyl (C=O) groups is 2. The van der Waals surface area contributed by atoms with Gasteiger partial charge in [-0.05, 0) is 61.6 Å². The van der Waals surface area contributed by atoms with Crippen LogP contribution < -0.4 is 9.62 Å². The van der Waals surface area contributed by atoms with Gasteiger partial charge in [-0.15, -0.1) is 0 Å². The number of nitrogens with zero attached hydrogens (tertiary/aromatic N) is 2. The van der Waals surface area contributed by atoms with Crippen LogP contribution in [-0.2, 0) is 32.3 Å². The SMILES string of the molecule is CC[C@H](C(=O)NC1CCCC1)N(Cc1ccc(F)cc1)C(=O)CCCN(c1cccc(C(F)(F)F)c1)S(C)(=O)=O. The van der Waals surface area contributed by atoms with Crippen molar-refractivity contribution in [3.8, 4) is 0 Å². The van der Waals surface area contributed by atoms with E-state index in [0.29, 0.717) is 12.0 Å². The zero-order valence-corrected chi connectivity index (χ0v) is 23.4. The van der Waals surface area contributed by atoms with Gasteiger partial charge >= 0.3 is 6.18 Å². The van der Waals surface area contributed by atoms with E-state index in [9.17, 15) is 35.6 Å². The van der Waals surface area contributed by atoms with Gasteiger partial charge in [-0.3, -0.25) is 13.9 Å². The topological polar surface area (TPSA) is 86.8 Å². The average Bonchev–Trinajstić information content (AvgIpc) is 3.39. The summed E-state index contributed by atoms with van der Waals surface area (Å²) < 4.78 is 78.8. The molecule has 2 aromatic rings. The maximum atomic E-state index is 13.5. The Kier molecular flexibility index (Phi) is 10.6. The molecule has 1 aliphatic carbocycles. The molecule has 2 amide bonds. The van der Waals surface area contributed by atoms with Crippen LogP contribution >= 0.6 is 0 Å². The minimum Gasteiger partial charge on any atom is -0.352 e. The Morgan fingerprint density at radius 3 is 2.30 bits per heavy atom. The maximum absolute atomic E-state index is 13.5. The minimum atomic E-state index is -4.65. The number of carbonyl (C=O) groups excluding carboxylic acids is 2. The minimum absolute atomic E-state index is 0.00272. The van der Waals surface area contributed by atoms with E-state index in [2.05, 4.69) is 5.32 Å². The predicted octanol–water partition coefficient (Wildman–Crippen LogP) is 5.26. The third-order valence-electron chi connectivity index (χ3n) is 6.97. The summed E-state index contributed by atoms with van der Waals surface area (Å²) in [7, 11) is -3.96. The first-order chi connectivity index (χ1) is 18.8. The van der Waals surface area contributed by atoms with E-state index in [0.717, 1.165) is 54.4 Å². The van der Waals surface area contributed by atoms with Crippen LogP contribution in [0.15, 0.2) is 48.5 Å². The van der Waals surface area contributed by atoms with Crippen LogP contribution in [0.3, 0.4) is 0 Å². The summed E-state index contributed by atoms with van der Waals surface area (Å²) in [6, 6.07) is 8.81. The Hall–Kier alpha value is -3.15. The summed E-state index contributed by atoms with van der Waals surface area (Å²) in [5.74, 6) is -1.15. The molecule has 0 aromatic heterocycles. The van der Waals surface area contributed by atoms with E-state index >= 15 is 0 Å². The highest BCUT2D eigenvalue weighted by molar-refractivity contribution is 7.92. The van der Waals surface area contributed by atoms with Crippen LogP contribution in [0.5, 0.6) is 0 Å². The van der Waals surface area contributed by atoms with Crippen LogP contribution in [0.25, 0.3) is 0 Å². The van der Waals surface area contributed by atoms with Gasteiger partial charge in [0.2, 0.25) is 21.8 Å². The second kappa shape index (κ2) is 13.5. The smallest absolute Gasteiger partial charge is 0.352 e. The van der Waals surface area contributed by atoms with E-state index in [-0.39, 0.29) is 43.6 Å². The molecule has 1 atom stereocenters. The number of rotatable bonds is 12. The van der Waals surface area contributed by atoms with E-state index < -0.39 is 39.5 Å². The zero-order valence-electron chi connectivity index (χ0n) is 22.6. The van der Waals surface area contributed by atoms with Gasteiger partial charge in [0.25, 0.3) is 0 Å². The van der Waals surface area contributed by atoms with Crippen molar-refractivity contribution in [3.05, 3.63) is 65.5 Å². The molecule has 3 rings (SSSR count). The van der Waals surface area contributed by atoms with Gasteiger partial charge in [-0.2, -0.15) is 13.2 Å². The number of nitrogens with one attached hydrogen (secondary N) is 1. The van der Waals surface area contributed by atoms with Crippen molar-refractivity contribution < 1.29 is 35.6 Å². The summed E-state index contributed by atoms with van der Waals surface area (Å²) in [4.78, 5) is 28.1. The second-order valence-corrected chi connectivity index (χ2v) is 12.0. The third-order valence-corrected chi connectivity index (χ3v) is 8.16. The lowest BCUT2D eigenvalue weighted by atomic mass is 10.1. The standard InChI is InChI=1S/C28H35F4N3O4S/c1-3-25(27(37)33-23-9-4-5-10-23)34(19-20-13-15-22(29)16-14-20)26(36)12-7-17-35(40(2,38)39)24-11-6-8-21(18-24)28(30,31)32/h6,8,11,13-16,18,23,25H,3-5,7,9-10,12,17,19H2,1-2H3,(H,33,37)/t25-/m1/s1. The van der Waals surface area contributed by atoms with Gasteiger partial charge in [0, 0.05) is 25.6 Å². The second-order valence-electron chi connectivity index (χ2n) is 10.0. The quantitative estimate of drug-likeness (QED) is 0.345. The summed E-state index contributed by atoms with van der Waals surface area (Å²) >= 11 is 0. The molecule has 1 saturated carbocycles. The highest BCUT2D eigenvalue weighted by atomic mass is 32.2. The summed E-state index contributed by atoms with van der Waals surface area (Å²) in [6.07, 6.45) is 0.176. The number of hydrogen-bond donors (Lipinski definition) is 1. The maximum Gasteiger partial charge on any atom is 0.416 e.